The lowest BCUT2D eigenvalue weighted by Crippen LogP contribution is -2.39. The van der Waals surface area contributed by atoms with Gasteiger partial charge < -0.3 is 9.84 Å². The first-order valence-corrected chi connectivity index (χ1v) is 11.8. The normalized spacial score (nSPS) is 18.4. The number of rotatable bonds is 10. The van der Waals surface area contributed by atoms with Crippen LogP contribution in [0.4, 0.5) is 0 Å². The lowest BCUT2D eigenvalue weighted by molar-refractivity contribution is 0.0225. The number of nitrogens with zero attached hydrogens (tertiary/aromatic N) is 2. The van der Waals surface area contributed by atoms with Crippen LogP contribution >= 0.6 is 11.3 Å². The van der Waals surface area contributed by atoms with Gasteiger partial charge in [0.25, 0.3) is 0 Å². The molecule has 1 saturated heterocycles. The molecule has 0 bridgehead atoms. The van der Waals surface area contributed by atoms with Gasteiger partial charge in [-0.05, 0) is 53.1 Å². The highest BCUT2D eigenvalue weighted by Gasteiger charge is 2.26. The molecule has 0 radical (unpaired) electrons. The predicted molar refractivity (Wildman–Crippen MR) is 125 cm³/mol. The van der Waals surface area contributed by atoms with Gasteiger partial charge in [-0.2, -0.15) is 0 Å². The highest BCUT2D eigenvalue weighted by atomic mass is 32.1. The first-order chi connectivity index (χ1) is 14.7. The minimum Gasteiger partial charge on any atom is -0.386 e. The average molecular weight is 425 g/mol. The van der Waals surface area contributed by atoms with Crippen LogP contribution in [0, 0.1) is 0 Å². The number of aliphatic hydroxyl groups is 1. The van der Waals surface area contributed by atoms with Gasteiger partial charge in [-0.3, -0.25) is 9.80 Å². The van der Waals surface area contributed by atoms with Crippen molar-refractivity contribution in [1.82, 2.24) is 9.80 Å². The molecule has 0 spiro atoms. The third kappa shape index (κ3) is 5.48. The summed E-state index contributed by atoms with van der Waals surface area (Å²) in [6.07, 6.45) is 0.640. The molecule has 160 valence electrons. The molecule has 1 aromatic heterocycles. The molecule has 1 N–H and O–H groups in total. The van der Waals surface area contributed by atoms with Gasteiger partial charge in [-0.25, -0.2) is 0 Å². The fraction of sp³-hybridized carbons (Fsp3) is 0.440. The predicted octanol–water partition coefficient (Wildman–Crippen LogP) is 4.55. The molecular weight excluding hydrogens is 392 g/mol. The van der Waals surface area contributed by atoms with Crippen LogP contribution in [-0.4, -0.2) is 60.3 Å². The van der Waals surface area contributed by atoms with Crippen molar-refractivity contribution in [2.75, 3.05) is 39.4 Å². The number of fused-ring (bicyclic) bond motifs is 1. The first kappa shape index (κ1) is 21.5. The van der Waals surface area contributed by atoms with E-state index in [0.29, 0.717) is 19.3 Å². The highest BCUT2D eigenvalue weighted by molar-refractivity contribution is 7.17. The second kappa shape index (κ2) is 10.5. The quantitative estimate of drug-likeness (QED) is 0.485. The second-order valence-electron chi connectivity index (χ2n) is 8.10. The number of likely N-dealkylation sites (tertiary alicyclic amines) is 1. The molecule has 0 amide bonds. The summed E-state index contributed by atoms with van der Waals surface area (Å²) in [6, 6.07) is 19.6. The standard InChI is InChI=1S/C25H32N2O2S/c1-2-27(23-10-12-26(18-23)17-20-6-4-3-5-7-20)13-14-29-19-24(28)21-8-9-25-22(16-21)11-15-30-25/h3-9,11,15-16,23-24,28H,2,10,12-14,17-19H2,1H3. The lowest BCUT2D eigenvalue weighted by Gasteiger charge is -2.28. The molecule has 2 atom stereocenters. The Morgan fingerprint density at radius 2 is 2.07 bits per heavy atom. The third-order valence-corrected chi connectivity index (χ3v) is 6.98. The fourth-order valence-electron chi connectivity index (χ4n) is 4.36. The summed E-state index contributed by atoms with van der Waals surface area (Å²) in [7, 11) is 0. The minimum atomic E-state index is -0.572. The Morgan fingerprint density at radius 1 is 1.20 bits per heavy atom. The van der Waals surface area contributed by atoms with Crippen molar-refractivity contribution in [3.8, 4) is 0 Å². The Hall–Kier alpha value is -1.76. The Kier molecular flexibility index (Phi) is 7.52. The molecule has 30 heavy (non-hydrogen) atoms. The SMILES string of the molecule is CCN(CCOCC(O)c1ccc2sccc2c1)C1CCN(Cc2ccccc2)C1. The van der Waals surface area contributed by atoms with Gasteiger partial charge in [0, 0.05) is 36.9 Å². The van der Waals surface area contributed by atoms with E-state index < -0.39 is 6.10 Å². The zero-order valence-corrected chi connectivity index (χ0v) is 18.6. The molecule has 2 unspecified atom stereocenters. The molecule has 2 heterocycles. The van der Waals surface area contributed by atoms with Crippen molar-refractivity contribution in [2.45, 2.75) is 32.0 Å². The fourth-order valence-corrected chi connectivity index (χ4v) is 5.13. The molecule has 4 nitrogen and oxygen atoms in total. The molecule has 4 rings (SSSR count). The van der Waals surface area contributed by atoms with E-state index in [1.807, 2.05) is 6.07 Å². The molecule has 1 aliphatic rings. The van der Waals surface area contributed by atoms with Crippen LogP contribution < -0.4 is 0 Å². The van der Waals surface area contributed by atoms with Crippen LogP contribution in [0.5, 0.6) is 0 Å². The molecule has 0 saturated carbocycles. The van der Waals surface area contributed by atoms with Crippen molar-refractivity contribution < 1.29 is 9.84 Å². The van der Waals surface area contributed by atoms with Crippen LogP contribution in [0.1, 0.15) is 30.6 Å². The van der Waals surface area contributed by atoms with Crippen LogP contribution in [0.15, 0.2) is 60.0 Å². The van der Waals surface area contributed by atoms with E-state index in [9.17, 15) is 5.11 Å². The zero-order chi connectivity index (χ0) is 20.8. The van der Waals surface area contributed by atoms with E-state index in [0.717, 1.165) is 38.3 Å². The van der Waals surface area contributed by atoms with Gasteiger partial charge in [0.1, 0.15) is 6.10 Å². The monoisotopic (exact) mass is 424 g/mol. The van der Waals surface area contributed by atoms with E-state index in [-0.39, 0.29) is 0 Å². The molecule has 5 heteroatoms. The number of aliphatic hydroxyl groups excluding tert-OH is 1. The maximum absolute atomic E-state index is 10.5. The molecule has 1 aliphatic heterocycles. The largest absolute Gasteiger partial charge is 0.386 e. The second-order valence-corrected chi connectivity index (χ2v) is 9.05. The van der Waals surface area contributed by atoms with Gasteiger partial charge in [0.05, 0.1) is 13.2 Å². The van der Waals surface area contributed by atoms with Crippen molar-refractivity contribution in [3.05, 3.63) is 71.1 Å². The number of likely N-dealkylation sites (N-methyl/N-ethyl adjacent to an activating group) is 1. The molecule has 2 aromatic carbocycles. The van der Waals surface area contributed by atoms with Crippen molar-refractivity contribution in [3.63, 3.8) is 0 Å². The Morgan fingerprint density at radius 3 is 2.90 bits per heavy atom. The van der Waals surface area contributed by atoms with E-state index in [1.54, 1.807) is 11.3 Å². The Labute approximate surface area is 183 Å². The number of thiophene rings is 1. The molecule has 3 aromatic rings. The minimum absolute atomic E-state index is 0.345. The summed E-state index contributed by atoms with van der Waals surface area (Å²) in [5.74, 6) is 0. The summed E-state index contributed by atoms with van der Waals surface area (Å²) in [5.41, 5.74) is 2.32. The van der Waals surface area contributed by atoms with Crippen molar-refractivity contribution in [2.24, 2.45) is 0 Å². The van der Waals surface area contributed by atoms with Crippen LogP contribution in [-0.2, 0) is 11.3 Å². The smallest absolute Gasteiger partial charge is 0.102 e. The number of hydrogen-bond acceptors (Lipinski definition) is 5. The topological polar surface area (TPSA) is 35.9 Å². The highest BCUT2D eigenvalue weighted by Crippen LogP contribution is 2.25. The Bertz CT molecular complexity index is 914. The van der Waals surface area contributed by atoms with E-state index >= 15 is 0 Å². The summed E-state index contributed by atoms with van der Waals surface area (Å²) in [5, 5.41) is 13.8. The zero-order valence-electron chi connectivity index (χ0n) is 17.7. The van der Waals surface area contributed by atoms with E-state index in [1.165, 1.54) is 22.1 Å². The van der Waals surface area contributed by atoms with E-state index in [4.69, 9.17) is 4.74 Å². The number of ether oxygens (including phenoxy) is 1. The number of benzene rings is 2. The third-order valence-electron chi connectivity index (χ3n) is 6.08. The van der Waals surface area contributed by atoms with Gasteiger partial charge in [0.2, 0.25) is 0 Å². The van der Waals surface area contributed by atoms with E-state index in [2.05, 4.69) is 70.6 Å². The van der Waals surface area contributed by atoms with Crippen molar-refractivity contribution in [1.29, 1.82) is 0 Å². The van der Waals surface area contributed by atoms with Crippen LogP contribution in [0.25, 0.3) is 10.1 Å². The summed E-state index contributed by atoms with van der Waals surface area (Å²) in [6.45, 7) is 8.48. The molecule has 0 aliphatic carbocycles. The molecular formula is C25H32N2O2S. The molecule has 1 fully saturated rings. The summed E-state index contributed by atoms with van der Waals surface area (Å²) >= 11 is 1.73. The van der Waals surface area contributed by atoms with Gasteiger partial charge in [0.15, 0.2) is 0 Å². The van der Waals surface area contributed by atoms with Crippen LogP contribution in [0.3, 0.4) is 0 Å². The summed E-state index contributed by atoms with van der Waals surface area (Å²) < 4.78 is 7.11. The average Bonchev–Trinajstić information content (AvgIpc) is 3.43. The maximum atomic E-state index is 10.5. The summed E-state index contributed by atoms with van der Waals surface area (Å²) in [4.78, 5) is 5.07. The first-order valence-electron chi connectivity index (χ1n) is 11.0. The Balaban J connectivity index is 1.20. The van der Waals surface area contributed by atoms with Gasteiger partial charge in [-0.1, -0.05) is 43.3 Å². The lowest BCUT2D eigenvalue weighted by atomic mass is 10.1. The van der Waals surface area contributed by atoms with Crippen LogP contribution in [0.2, 0.25) is 0 Å². The maximum Gasteiger partial charge on any atom is 0.102 e. The van der Waals surface area contributed by atoms with Gasteiger partial charge >= 0.3 is 0 Å². The number of hydrogen-bond donors (Lipinski definition) is 1. The van der Waals surface area contributed by atoms with Crippen molar-refractivity contribution >= 4 is 21.4 Å². The van der Waals surface area contributed by atoms with Gasteiger partial charge in [-0.15, -0.1) is 11.3 Å².